The second kappa shape index (κ2) is 8.39. The summed E-state index contributed by atoms with van der Waals surface area (Å²) < 4.78 is 5.43. The van der Waals surface area contributed by atoms with E-state index in [4.69, 9.17) is 4.74 Å². The lowest BCUT2D eigenvalue weighted by atomic mass is 10.0. The number of nitrogens with zero attached hydrogens (tertiary/aromatic N) is 2. The van der Waals surface area contributed by atoms with Crippen molar-refractivity contribution in [3.05, 3.63) is 41.2 Å². The Balaban J connectivity index is 0.000000151. The second-order valence-electron chi connectivity index (χ2n) is 7.44. The lowest BCUT2D eigenvalue weighted by Crippen LogP contribution is -2.19. The van der Waals surface area contributed by atoms with Crippen molar-refractivity contribution >= 4 is 11.6 Å². The van der Waals surface area contributed by atoms with E-state index in [9.17, 15) is 0 Å². The number of rotatable bonds is 2. The van der Waals surface area contributed by atoms with Gasteiger partial charge in [-0.15, -0.1) is 0 Å². The normalized spacial score (nSPS) is 15.0. The Morgan fingerprint density at radius 1 is 0.846 bits per heavy atom. The number of hydrogen-bond acceptors (Lipinski definition) is 5. The van der Waals surface area contributed by atoms with Crippen molar-refractivity contribution in [2.24, 2.45) is 0 Å². The fourth-order valence-corrected chi connectivity index (χ4v) is 3.02. The van der Waals surface area contributed by atoms with Crippen LogP contribution in [0.25, 0.3) is 0 Å². The van der Waals surface area contributed by atoms with Gasteiger partial charge in [0.15, 0.2) is 11.6 Å². The van der Waals surface area contributed by atoms with E-state index in [1.54, 1.807) is 0 Å². The molecule has 0 spiro atoms. The van der Waals surface area contributed by atoms with Crippen LogP contribution in [0.4, 0.5) is 11.6 Å². The van der Waals surface area contributed by atoms with Gasteiger partial charge in [0.1, 0.15) is 12.4 Å². The molecule has 0 radical (unpaired) electrons. The quantitative estimate of drug-likeness (QED) is 0.827. The number of aryl methyl sites for hydroxylation is 1. The molecule has 5 nitrogen and oxygen atoms in total. The fourth-order valence-electron chi connectivity index (χ4n) is 3.02. The summed E-state index contributed by atoms with van der Waals surface area (Å²) in [4.78, 5) is 9.08. The zero-order valence-electron chi connectivity index (χ0n) is 16.3. The molecule has 0 saturated heterocycles. The summed E-state index contributed by atoms with van der Waals surface area (Å²) in [5.74, 6) is 3.86. The van der Waals surface area contributed by atoms with Crippen molar-refractivity contribution in [3.63, 3.8) is 0 Å². The molecule has 2 aromatic rings. The molecule has 4 rings (SSSR count). The molecule has 4 heterocycles. The monoisotopic (exact) mass is 354 g/mol. The Labute approximate surface area is 156 Å². The summed E-state index contributed by atoms with van der Waals surface area (Å²) in [6.07, 6.45) is 2.41. The van der Waals surface area contributed by atoms with Crippen molar-refractivity contribution in [1.82, 2.24) is 9.97 Å². The molecule has 2 N–H and O–H groups in total. The minimum Gasteiger partial charge on any atom is -0.488 e. The van der Waals surface area contributed by atoms with Crippen LogP contribution in [-0.4, -0.2) is 29.7 Å². The molecule has 140 valence electrons. The molecule has 0 amide bonds. The topological polar surface area (TPSA) is 59.1 Å². The summed E-state index contributed by atoms with van der Waals surface area (Å²) in [5, 5.41) is 6.57. The van der Waals surface area contributed by atoms with Crippen LogP contribution >= 0.6 is 0 Å². The third-order valence-corrected chi connectivity index (χ3v) is 4.63. The minimum atomic E-state index is 0.467. The zero-order valence-corrected chi connectivity index (χ0v) is 16.3. The lowest BCUT2D eigenvalue weighted by molar-refractivity contribution is 0.321. The molecule has 0 fully saturated rings. The maximum atomic E-state index is 5.43. The first kappa shape index (κ1) is 18.5. The van der Waals surface area contributed by atoms with Gasteiger partial charge in [0.25, 0.3) is 0 Å². The van der Waals surface area contributed by atoms with Gasteiger partial charge in [0, 0.05) is 17.9 Å². The van der Waals surface area contributed by atoms with Crippen LogP contribution in [0, 0.1) is 0 Å². The first-order valence-corrected chi connectivity index (χ1v) is 9.66. The van der Waals surface area contributed by atoms with Gasteiger partial charge < -0.3 is 15.4 Å². The van der Waals surface area contributed by atoms with Crippen LogP contribution in [0.5, 0.6) is 5.75 Å². The highest BCUT2D eigenvalue weighted by Crippen LogP contribution is 2.27. The SMILES string of the molecule is CC(C)c1ccc2c(n1)NCCC2.CC(C)c1ccc2c(n1)NCCO2. The largest absolute Gasteiger partial charge is 0.488 e. The molecular formula is C21H30N4O. The van der Waals surface area contributed by atoms with Crippen LogP contribution < -0.4 is 15.4 Å². The van der Waals surface area contributed by atoms with Crippen molar-refractivity contribution in [2.75, 3.05) is 30.3 Å². The summed E-state index contributed by atoms with van der Waals surface area (Å²) in [5.41, 5.74) is 3.67. The first-order chi connectivity index (χ1) is 12.5. The maximum absolute atomic E-state index is 5.43. The van der Waals surface area contributed by atoms with Gasteiger partial charge in [-0.3, -0.25) is 0 Å². The average molecular weight is 354 g/mol. The Bertz CT molecular complexity index is 679. The highest BCUT2D eigenvalue weighted by Gasteiger charge is 2.12. The minimum absolute atomic E-state index is 0.467. The van der Waals surface area contributed by atoms with Crippen molar-refractivity contribution < 1.29 is 4.74 Å². The van der Waals surface area contributed by atoms with Crippen LogP contribution in [0.1, 0.15) is 62.9 Å². The summed E-state index contributed by atoms with van der Waals surface area (Å²) in [6.45, 7) is 11.3. The number of hydrogen-bond donors (Lipinski definition) is 2. The van der Waals surface area contributed by atoms with Crippen LogP contribution in [0.3, 0.4) is 0 Å². The molecule has 2 aliphatic heterocycles. The third-order valence-electron chi connectivity index (χ3n) is 4.63. The van der Waals surface area contributed by atoms with E-state index in [1.807, 2.05) is 12.1 Å². The molecule has 0 atom stereocenters. The molecule has 26 heavy (non-hydrogen) atoms. The van der Waals surface area contributed by atoms with E-state index in [1.165, 1.54) is 24.1 Å². The van der Waals surface area contributed by atoms with Gasteiger partial charge in [-0.1, -0.05) is 33.8 Å². The third kappa shape index (κ3) is 4.45. The van der Waals surface area contributed by atoms with Gasteiger partial charge >= 0.3 is 0 Å². The summed E-state index contributed by atoms with van der Waals surface area (Å²) >= 11 is 0. The maximum Gasteiger partial charge on any atom is 0.169 e. The molecule has 0 saturated carbocycles. The Morgan fingerprint density at radius 3 is 2.23 bits per heavy atom. The molecule has 2 aliphatic rings. The highest BCUT2D eigenvalue weighted by molar-refractivity contribution is 5.52. The highest BCUT2D eigenvalue weighted by atomic mass is 16.5. The van der Waals surface area contributed by atoms with Gasteiger partial charge in [-0.05, 0) is 48.4 Å². The molecule has 2 aromatic heterocycles. The Hall–Kier alpha value is -2.30. The number of anilines is 2. The second-order valence-corrected chi connectivity index (χ2v) is 7.44. The van der Waals surface area contributed by atoms with Crippen LogP contribution in [-0.2, 0) is 6.42 Å². The van der Waals surface area contributed by atoms with Gasteiger partial charge in [0.05, 0.1) is 6.54 Å². The van der Waals surface area contributed by atoms with E-state index in [-0.39, 0.29) is 0 Å². The summed E-state index contributed by atoms with van der Waals surface area (Å²) in [7, 11) is 0. The van der Waals surface area contributed by atoms with Crippen molar-refractivity contribution in [3.8, 4) is 5.75 Å². The number of ether oxygens (including phenoxy) is 1. The average Bonchev–Trinajstić information content (AvgIpc) is 2.67. The van der Waals surface area contributed by atoms with Crippen molar-refractivity contribution in [1.29, 1.82) is 0 Å². The molecule has 0 unspecified atom stereocenters. The Kier molecular flexibility index (Phi) is 5.96. The summed E-state index contributed by atoms with van der Waals surface area (Å²) in [6, 6.07) is 8.38. The zero-order chi connectivity index (χ0) is 18.5. The first-order valence-electron chi connectivity index (χ1n) is 9.66. The lowest BCUT2D eigenvalue weighted by Gasteiger charge is -2.19. The van der Waals surface area contributed by atoms with Gasteiger partial charge in [0.2, 0.25) is 0 Å². The Morgan fingerprint density at radius 2 is 1.50 bits per heavy atom. The number of nitrogens with one attached hydrogen (secondary N) is 2. The molecule has 5 heteroatoms. The van der Waals surface area contributed by atoms with E-state index < -0.39 is 0 Å². The predicted molar refractivity (Wildman–Crippen MR) is 107 cm³/mol. The fraction of sp³-hybridized carbons (Fsp3) is 0.524. The molecule has 0 aliphatic carbocycles. The standard InChI is InChI=1S/C11H16N2.C10H14N2O/c1-8(2)10-6-5-9-4-3-7-12-11(9)13-10;1-7(2)8-3-4-9-10(12-8)11-5-6-13-9/h5-6,8H,3-4,7H2,1-2H3,(H,12,13);3-4,7H,5-6H2,1-2H3,(H,11,12). The smallest absolute Gasteiger partial charge is 0.169 e. The van der Waals surface area contributed by atoms with E-state index in [2.05, 4.69) is 60.4 Å². The van der Waals surface area contributed by atoms with E-state index in [0.717, 1.165) is 42.8 Å². The predicted octanol–water partition coefficient (Wildman–Crippen LogP) is 4.57. The molecular weight excluding hydrogens is 324 g/mol. The number of fused-ring (bicyclic) bond motifs is 2. The van der Waals surface area contributed by atoms with E-state index in [0.29, 0.717) is 11.8 Å². The van der Waals surface area contributed by atoms with Gasteiger partial charge in [-0.2, -0.15) is 0 Å². The van der Waals surface area contributed by atoms with E-state index >= 15 is 0 Å². The van der Waals surface area contributed by atoms with Crippen molar-refractivity contribution in [2.45, 2.75) is 52.4 Å². The van der Waals surface area contributed by atoms with Crippen LogP contribution in [0.2, 0.25) is 0 Å². The molecule has 0 bridgehead atoms. The van der Waals surface area contributed by atoms with Crippen LogP contribution in [0.15, 0.2) is 24.3 Å². The molecule has 0 aromatic carbocycles. The number of aromatic nitrogens is 2. The number of pyridine rings is 2. The van der Waals surface area contributed by atoms with Gasteiger partial charge in [-0.25, -0.2) is 9.97 Å².